The fourth-order valence-electron chi connectivity index (χ4n) is 2.28. The van der Waals surface area contributed by atoms with Crippen molar-refractivity contribution in [2.75, 3.05) is 38.2 Å². The van der Waals surface area contributed by atoms with Crippen LogP contribution in [0.15, 0.2) is 0 Å². The standard InChI is InChI=1S/C12H25N3O3S/c1-12(2,8-13)9-15(3)6-11(16)14-10-4-5-19(17,18)7-10/h10H,4-9,13H2,1-3H3,(H,14,16). The highest BCUT2D eigenvalue weighted by Gasteiger charge is 2.29. The Morgan fingerprint density at radius 3 is 2.58 bits per heavy atom. The Hall–Kier alpha value is -0.660. The van der Waals surface area contributed by atoms with E-state index in [9.17, 15) is 13.2 Å². The minimum absolute atomic E-state index is 0.0360. The number of sulfone groups is 1. The van der Waals surface area contributed by atoms with Crippen LogP contribution in [-0.2, 0) is 14.6 Å². The van der Waals surface area contributed by atoms with Gasteiger partial charge in [-0.05, 0) is 25.4 Å². The zero-order valence-corrected chi connectivity index (χ0v) is 12.8. The molecular formula is C12H25N3O3S. The summed E-state index contributed by atoms with van der Waals surface area (Å²) in [4.78, 5) is 13.7. The van der Waals surface area contributed by atoms with Crippen molar-refractivity contribution in [3.05, 3.63) is 0 Å². The zero-order valence-electron chi connectivity index (χ0n) is 12.0. The molecule has 1 fully saturated rings. The first-order valence-corrected chi connectivity index (χ1v) is 8.34. The molecule has 1 rings (SSSR count). The van der Waals surface area contributed by atoms with Gasteiger partial charge in [0.05, 0.1) is 18.1 Å². The van der Waals surface area contributed by atoms with Crippen molar-refractivity contribution < 1.29 is 13.2 Å². The smallest absolute Gasteiger partial charge is 0.234 e. The Balaban J connectivity index is 2.36. The first kappa shape index (κ1) is 16.4. The van der Waals surface area contributed by atoms with Crippen molar-refractivity contribution in [3.63, 3.8) is 0 Å². The largest absolute Gasteiger partial charge is 0.351 e. The average Bonchev–Trinajstić information content (AvgIpc) is 2.56. The zero-order chi connectivity index (χ0) is 14.7. The molecule has 0 spiro atoms. The highest BCUT2D eigenvalue weighted by Crippen LogP contribution is 2.14. The number of hydrogen-bond acceptors (Lipinski definition) is 5. The van der Waals surface area contributed by atoms with Crippen LogP contribution in [0.25, 0.3) is 0 Å². The van der Waals surface area contributed by atoms with Crippen molar-refractivity contribution in [2.24, 2.45) is 11.1 Å². The molecule has 1 unspecified atom stereocenters. The van der Waals surface area contributed by atoms with E-state index in [1.807, 2.05) is 25.8 Å². The van der Waals surface area contributed by atoms with E-state index in [0.717, 1.165) is 6.54 Å². The van der Waals surface area contributed by atoms with E-state index < -0.39 is 9.84 Å². The Labute approximate surface area is 115 Å². The second kappa shape index (κ2) is 6.19. The Bertz CT molecular complexity index is 420. The number of amides is 1. The van der Waals surface area contributed by atoms with Gasteiger partial charge in [-0.15, -0.1) is 0 Å². The maximum absolute atomic E-state index is 11.8. The van der Waals surface area contributed by atoms with Crippen LogP contribution in [0.3, 0.4) is 0 Å². The lowest BCUT2D eigenvalue weighted by molar-refractivity contribution is -0.122. The van der Waals surface area contributed by atoms with Crippen molar-refractivity contribution >= 4 is 15.7 Å². The second-order valence-electron chi connectivity index (χ2n) is 6.21. The maximum atomic E-state index is 11.8. The molecule has 1 saturated heterocycles. The molecule has 19 heavy (non-hydrogen) atoms. The lowest BCUT2D eigenvalue weighted by Crippen LogP contribution is -2.44. The molecule has 0 aromatic heterocycles. The van der Waals surface area contributed by atoms with Crippen molar-refractivity contribution in [1.29, 1.82) is 0 Å². The van der Waals surface area contributed by atoms with Gasteiger partial charge >= 0.3 is 0 Å². The first-order chi connectivity index (χ1) is 8.63. The molecule has 0 aliphatic carbocycles. The number of rotatable bonds is 6. The van der Waals surface area contributed by atoms with Crippen molar-refractivity contribution in [3.8, 4) is 0 Å². The highest BCUT2D eigenvalue weighted by molar-refractivity contribution is 7.91. The predicted molar refractivity (Wildman–Crippen MR) is 75.5 cm³/mol. The van der Waals surface area contributed by atoms with Gasteiger partial charge in [-0.3, -0.25) is 9.69 Å². The van der Waals surface area contributed by atoms with Gasteiger partial charge < -0.3 is 11.1 Å². The molecule has 1 aliphatic rings. The van der Waals surface area contributed by atoms with Gasteiger partial charge in [0, 0.05) is 12.6 Å². The molecule has 3 N–H and O–H groups in total. The minimum atomic E-state index is -2.95. The Morgan fingerprint density at radius 2 is 2.11 bits per heavy atom. The lowest BCUT2D eigenvalue weighted by Gasteiger charge is -2.28. The number of likely N-dealkylation sites (N-methyl/N-ethyl adjacent to an activating group) is 1. The van der Waals surface area contributed by atoms with Crippen LogP contribution in [-0.4, -0.2) is 63.5 Å². The van der Waals surface area contributed by atoms with E-state index in [1.54, 1.807) is 0 Å². The van der Waals surface area contributed by atoms with Crippen LogP contribution in [0.1, 0.15) is 20.3 Å². The number of hydrogen-bond donors (Lipinski definition) is 2. The summed E-state index contributed by atoms with van der Waals surface area (Å²) in [7, 11) is -1.08. The van der Waals surface area contributed by atoms with E-state index in [1.165, 1.54) is 0 Å². The lowest BCUT2D eigenvalue weighted by atomic mass is 9.93. The minimum Gasteiger partial charge on any atom is -0.351 e. The number of carbonyl (C=O) groups excluding carboxylic acids is 1. The molecule has 0 aromatic carbocycles. The number of carbonyl (C=O) groups is 1. The van der Waals surface area contributed by atoms with E-state index in [0.29, 0.717) is 13.0 Å². The topological polar surface area (TPSA) is 92.5 Å². The van der Waals surface area contributed by atoms with Crippen LogP contribution in [0.5, 0.6) is 0 Å². The van der Waals surface area contributed by atoms with E-state index >= 15 is 0 Å². The molecule has 1 atom stereocenters. The van der Waals surface area contributed by atoms with Crippen LogP contribution in [0, 0.1) is 5.41 Å². The predicted octanol–water partition coefficient (Wildman–Crippen LogP) is -0.794. The molecule has 0 bridgehead atoms. The number of nitrogens with one attached hydrogen (secondary N) is 1. The third kappa shape index (κ3) is 5.88. The monoisotopic (exact) mass is 291 g/mol. The van der Waals surface area contributed by atoms with Gasteiger partial charge in [0.15, 0.2) is 9.84 Å². The normalized spacial score (nSPS) is 22.7. The Kier molecular flexibility index (Phi) is 5.34. The molecule has 0 radical (unpaired) electrons. The molecule has 0 saturated carbocycles. The summed E-state index contributed by atoms with van der Waals surface area (Å²) in [5, 5.41) is 2.78. The average molecular weight is 291 g/mol. The summed E-state index contributed by atoms with van der Waals surface area (Å²) in [5.74, 6) is 0.113. The van der Waals surface area contributed by atoms with Gasteiger partial charge in [0.1, 0.15) is 0 Å². The van der Waals surface area contributed by atoms with E-state index in [-0.39, 0.29) is 35.4 Å². The van der Waals surface area contributed by atoms with Gasteiger partial charge in [-0.1, -0.05) is 13.8 Å². The van der Waals surface area contributed by atoms with Crippen LogP contribution < -0.4 is 11.1 Å². The van der Waals surface area contributed by atoms with Crippen LogP contribution >= 0.6 is 0 Å². The molecule has 7 heteroatoms. The summed E-state index contributed by atoms with van der Waals surface area (Å²) < 4.78 is 22.6. The summed E-state index contributed by atoms with van der Waals surface area (Å²) in [6.45, 7) is 5.63. The van der Waals surface area contributed by atoms with Crippen LogP contribution in [0.2, 0.25) is 0 Å². The fourth-order valence-corrected chi connectivity index (χ4v) is 3.95. The molecule has 0 aromatic rings. The SMILES string of the molecule is CN(CC(=O)NC1CCS(=O)(=O)C1)CC(C)(C)CN. The van der Waals surface area contributed by atoms with E-state index in [4.69, 9.17) is 5.73 Å². The van der Waals surface area contributed by atoms with Gasteiger partial charge in [0.2, 0.25) is 5.91 Å². The summed E-state index contributed by atoms with van der Waals surface area (Å²) in [6, 6.07) is -0.228. The van der Waals surface area contributed by atoms with Crippen LogP contribution in [0.4, 0.5) is 0 Å². The maximum Gasteiger partial charge on any atom is 0.234 e. The van der Waals surface area contributed by atoms with Crippen molar-refractivity contribution in [1.82, 2.24) is 10.2 Å². The quantitative estimate of drug-likeness (QED) is 0.669. The number of nitrogens with two attached hydrogens (primary N) is 1. The molecule has 112 valence electrons. The summed E-state index contributed by atoms with van der Waals surface area (Å²) in [5.41, 5.74) is 5.62. The first-order valence-electron chi connectivity index (χ1n) is 6.52. The van der Waals surface area contributed by atoms with Gasteiger partial charge in [0.25, 0.3) is 0 Å². The highest BCUT2D eigenvalue weighted by atomic mass is 32.2. The third-order valence-corrected chi connectivity index (χ3v) is 5.03. The molecule has 1 aliphatic heterocycles. The fraction of sp³-hybridized carbons (Fsp3) is 0.917. The Morgan fingerprint density at radius 1 is 1.47 bits per heavy atom. The number of nitrogens with zero attached hydrogens (tertiary/aromatic N) is 1. The van der Waals surface area contributed by atoms with Crippen molar-refractivity contribution in [2.45, 2.75) is 26.3 Å². The third-order valence-electron chi connectivity index (χ3n) is 3.26. The summed E-state index contributed by atoms with van der Waals surface area (Å²) >= 11 is 0. The summed E-state index contributed by atoms with van der Waals surface area (Å²) in [6.07, 6.45) is 0.520. The molecule has 6 nitrogen and oxygen atoms in total. The second-order valence-corrected chi connectivity index (χ2v) is 8.44. The van der Waals surface area contributed by atoms with Gasteiger partial charge in [-0.25, -0.2) is 8.42 Å². The van der Waals surface area contributed by atoms with Gasteiger partial charge in [-0.2, -0.15) is 0 Å². The molecule has 1 heterocycles. The molecule has 1 amide bonds. The van der Waals surface area contributed by atoms with E-state index in [2.05, 4.69) is 5.32 Å². The molecular weight excluding hydrogens is 266 g/mol.